The number of carbonyl (C=O) groups is 1. The number of aromatic hydroxyl groups is 1. The van der Waals surface area contributed by atoms with Crippen LogP contribution in [0.2, 0.25) is 0 Å². The zero-order chi connectivity index (χ0) is 13.8. The summed E-state index contributed by atoms with van der Waals surface area (Å²) in [6, 6.07) is 6.54. The Balaban J connectivity index is 2.15. The van der Waals surface area contributed by atoms with E-state index in [0.717, 1.165) is 12.1 Å². The highest BCUT2D eigenvalue weighted by Crippen LogP contribution is 2.18. The Morgan fingerprint density at radius 2 is 2.21 bits per heavy atom. The summed E-state index contributed by atoms with van der Waals surface area (Å²) in [6.07, 6.45) is 1.36. The second-order valence-corrected chi connectivity index (χ2v) is 3.78. The first-order valence-electron chi connectivity index (χ1n) is 5.45. The van der Waals surface area contributed by atoms with E-state index < -0.39 is 11.7 Å². The second kappa shape index (κ2) is 5.34. The number of halogens is 1. The summed E-state index contributed by atoms with van der Waals surface area (Å²) in [5, 5.41) is 13.4. The number of phenolic OH excluding ortho intramolecular Hbond substituents is 1. The fourth-order valence-corrected chi connectivity index (χ4v) is 1.46. The summed E-state index contributed by atoms with van der Waals surface area (Å²) >= 11 is 0. The van der Waals surface area contributed by atoms with Crippen molar-refractivity contribution in [3.8, 4) is 5.75 Å². The minimum atomic E-state index is -0.528. The molecule has 6 heteroatoms. The molecule has 0 aliphatic rings. The second-order valence-electron chi connectivity index (χ2n) is 3.78. The van der Waals surface area contributed by atoms with Crippen LogP contribution in [0.3, 0.4) is 0 Å². The number of benzene rings is 1. The number of furan rings is 1. The first-order valence-corrected chi connectivity index (χ1v) is 5.45. The number of nitrogens with one attached hydrogen (secondary N) is 1. The van der Waals surface area contributed by atoms with Crippen molar-refractivity contribution in [3.05, 3.63) is 53.7 Å². The molecular formula is C13H11FN2O3. The Kier molecular flexibility index (Phi) is 3.61. The number of hydrogen-bond acceptors (Lipinski definition) is 4. The lowest BCUT2D eigenvalue weighted by Gasteiger charge is -2.04. The Labute approximate surface area is 108 Å². The maximum absolute atomic E-state index is 13.1. The number of phenols is 1. The molecule has 0 saturated carbocycles. The van der Waals surface area contributed by atoms with Crippen LogP contribution in [0, 0.1) is 5.82 Å². The third-order valence-corrected chi connectivity index (χ3v) is 2.42. The van der Waals surface area contributed by atoms with E-state index in [0.29, 0.717) is 0 Å². The molecule has 0 aliphatic carbocycles. The Morgan fingerprint density at radius 3 is 2.89 bits per heavy atom. The minimum absolute atomic E-state index is 0.111. The molecule has 5 nitrogen and oxygen atoms in total. The zero-order valence-electron chi connectivity index (χ0n) is 10.1. The van der Waals surface area contributed by atoms with Gasteiger partial charge < -0.3 is 9.52 Å². The minimum Gasteiger partial charge on any atom is -0.507 e. The average Bonchev–Trinajstić information content (AvgIpc) is 2.92. The van der Waals surface area contributed by atoms with Crippen molar-refractivity contribution in [1.82, 2.24) is 5.43 Å². The molecule has 19 heavy (non-hydrogen) atoms. The molecule has 1 aromatic carbocycles. The Bertz CT molecular complexity index is 621. The molecule has 0 fully saturated rings. The van der Waals surface area contributed by atoms with Gasteiger partial charge in [-0.2, -0.15) is 5.10 Å². The van der Waals surface area contributed by atoms with E-state index in [4.69, 9.17) is 4.42 Å². The van der Waals surface area contributed by atoms with Gasteiger partial charge in [0.25, 0.3) is 0 Å². The molecule has 98 valence electrons. The van der Waals surface area contributed by atoms with Gasteiger partial charge in [-0.15, -0.1) is 0 Å². The summed E-state index contributed by atoms with van der Waals surface area (Å²) in [5.41, 5.74) is 2.73. The lowest BCUT2D eigenvalue weighted by atomic mass is 10.1. The zero-order valence-corrected chi connectivity index (χ0v) is 10.1. The third-order valence-electron chi connectivity index (χ3n) is 2.42. The van der Waals surface area contributed by atoms with Crippen LogP contribution < -0.4 is 5.43 Å². The van der Waals surface area contributed by atoms with Crippen molar-refractivity contribution < 1.29 is 18.7 Å². The number of rotatable bonds is 3. The molecule has 2 rings (SSSR count). The van der Waals surface area contributed by atoms with Gasteiger partial charge >= 0.3 is 5.91 Å². The first kappa shape index (κ1) is 12.8. The van der Waals surface area contributed by atoms with Crippen LogP contribution in [0.5, 0.6) is 5.75 Å². The number of hydrogen-bond donors (Lipinski definition) is 2. The van der Waals surface area contributed by atoms with E-state index in [1.165, 1.54) is 25.3 Å². The van der Waals surface area contributed by atoms with Crippen LogP contribution in [0.1, 0.15) is 23.0 Å². The molecular weight excluding hydrogens is 251 g/mol. The highest BCUT2D eigenvalue weighted by molar-refractivity contribution is 6.02. The molecule has 2 N–H and O–H groups in total. The van der Waals surface area contributed by atoms with Gasteiger partial charge in [-0.25, -0.2) is 9.82 Å². The summed E-state index contributed by atoms with van der Waals surface area (Å²) < 4.78 is 17.9. The van der Waals surface area contributed by atoms with Gasteiger partial charge in [-0.05, 0) is 37.3 Å². The lowest BCUT2D eigenvalue weighted by Crippen LogP contribution is -2.18. The monoisotopic (exact) mass is 262 g/mol. The van der Waals surface area contributed by atoms with E-state index >= 15 is 0 Å². The maximum Gasteiger partial charge on any atom is 0.307 e. The summed E-state index contributed by atoms with van der Waals surface area (Å²) in [7, 11) is 0. The van der Waals surface area contributed by atoms with Crippen molar-refractivity contribution in [1.29, 1.82) is 0 Å². The number of hydrazone groups is 1. The number of amides is 1. The smallest absolute Gasteiger partial charge is 0.307 e. The van der Waals surface area contributed by atoms with E-state index in [1.54, 1.807) is 6.07 Å². The molecule has 0 saturated heterocycles. The van der Waals surface area contributed by atoms with Gasteiger partial charge in [0.2, 0.25) is 0 Å². The van der Waals surface area contributed by atoms with Crippen molar-refractivity contribution in [2.75, 3.05) is 0 Å². The quantitative estimate of drug-likeness (QED) is 0.658. The normalized spacial score (nSPS) is 11.4. The molecule has 0 radical (unpaired) electrons. The van der Waals surface area contributed by atoms with E-state index in [9.17, 15) is 14.3 Å². The summed E-state index contributed by atoms with van der Waals surface area (Å²) in [4.78, 5) is 11.5. The third kappa shape index (κ3) is 2.98. The van der Waals surface area contributed by atoms with Crippen molar-refractivity contribution in [2.45, 2.75) is 6.92 Å². The van der Waals surface area contributed by atoms with Crippen LogP contribution in [0.4, 0.5) is 4.39 Å². The topological polar surface area (TPSA) is 74.8 Å². The van der Waals surface area contributed by atoms with Gasteiger partial charge in [0.1, 0.15) is 11.6 Å². The van der Waals surface area contributed by atoms with E-state index in [2.05, 4.69) is 10.5 Å². The van der Waals surface area contributed by atoms with Crippen LogP contribution in [0.15, 0.2) is 46.1 Å². The molecule has 1 heterocycles. The van der Waals surface area contributed by atoms with Gasteiger partial charge in [0, 0.05) is 5.56 Å². The summed E-state index contributed by atoms with van der Waals surface area (Å²) in [6.45, 7) is 1.54. The standard InChI is InChI=1S/C13H11FN2O3/c1-8(10-7-9(14)4-5-11(10)17)15-16-13(18)12-3-2-6-19-12/h2-7,17H,1H3,(H,16,18)/b15-8+. The van der Waals surface area contributed by atoms with Crippen molar-refractivity contribution in [2.24, 2.45) is 5.10 Å². The maximum atomic E-state index is 13.1. The molecule has 1 aromatic heterocycles. The first-order chi connectivity index (χ1) is 9.08. The highest BCUT2D eigenvalue weighted by Gasteiger charge is 2.09. The molecule has 2 aromatic rings. The largest absolute Gasteiger partial charge is 0.507 e. The fraction of sp³-hybridized carbons (Fsp3) is 0.0769. The molecule has 0 unspecified atom stereocenters. The SMILES string of the molecule is C/C(=N\NC(=O)c1ccco1)c1cc(F)ccc1O. The predicted octanol–water partition coefficient (Wildman–Crippen LogP) is 2.28. The highest BCUT2D eigenvalue weighted by atomic mass is 19.1. The Morgan fingerprint density at radius 1 is 1.42 bits per heavy atom. The molecule has 0 bridgehead atoms. The van der Waals surface area contributed by atoms with Gasteiger partial charge in [0.05, 0.1) is 12.0 Å². The molecule has 0 spiro atoms. The number of carbonyl (C=O) groups excluding carboxylic acids is 1. The van der Waals surface area contributed by atoms with Crippen LogP contribution in [0.25, 0.3) is 0 Å². The van der Waals surface area contributed by atoms with Crippen LogP contribution >= 0.6 is 0 Å². The predicted molar refractivity (Wildman–Crippen MR) is 66.5 cm³/mol. The molecule has 0 atom stereocenters. The van der Waals surface area contributed by atoms with Gasteiger partial charge in [-0.3, -0.25) is 4.79 Å². The van der Waals surface area contributed by atoms with E-state index in [-0.39, 0.29) is 22.8 Å². The van der Waals surface area contributed by atoms with Crippen LogP contribution in [-0.4, -0.2) is 16.7 Å². The molecule has 0 aliphatic heterocycles. The Hall–Kier alpha value is -2.63. The van der Waals surface area contributed by atoms with Gasteiger partial charge in [0.15, 0.2) is 5.76 Å². The van der Waals surface area contributed by atoms with Crippen LogP contribution in [-0.2, 0) is 0 Å². The van der Waals surface area contributed by atoms with Crippen molar-refractivity contribution >= 4 is 11.6 Å². The van der Waals surface area contributed by atoms with Gasteiger partial charge in [-0.1, -0.05) is 0 Å². The molecule has 1 amide bonds. The fourth-order valence-electron chi connectivity index (χ4n) is 1.46. The number of nitrogens with zero attached hydrogens (tertiary/aromatic N) is 1. The van der Waals surface area contributed by atoms with Crippen molar-refractivity contribution in [3.63, 3.8) is 0 Å². The average molecular weight is 262 g/mol. The lowest BCUT2D eigenvalue weighted by molar-refractivity contribution is 0.0927. The van der Waals surface area contributed by atoms with E-state index in [1.807, 2.05) is 0 Å². The summed E-state index contributed by atoms with van der Waals surface area (Å²) in [5.74, 6) is -1.03.